The van der Waals surface area contributed by atoms with Gasteiger partial charge in [-0.05, 0) is 20.8 Å². The van der Waals surface area contributed by atoms with E-state index in [2.05, 4.69) is 25.7 Å². The molecule has 2 aromatic rings. The molecule has 0 saturated heterocycles. The van der Waals surface area contributed by atoms with Gasteiger partial charge in [0.25, 0.3) is 5.91 Å². The maximum absolute atomic E-state index is 11.9. The van der Waals surface area contributed by atoms with Gasteiger partial charge in [-0.25, -0.2) is 0 Å². The predicted octanol–water partition coefficient (Wildman–Crippen LogP) is 1.31. The van der Waals surface area contributed by atoms with Crippen molar-refractivity contribution in [3.8, 4) is 0 Å². The lowest BCUT2D eigenvalue weighted by molar-refractivity contribution is 0.102. The monoisotopic (exact) mass is 219 g/mol. The number of aryl methyl sites for hydroxylation is 3. The lowest BCUT2D eigenvalue weighted by Crippen LogP contribution is -2.14. The summed E-state index contributed by atoms with van der Waals surface area (Å²) in [5.41, 5.74) is 2.92. The van der Waals surface area contributed by atoms with Crippen LogP contribution in [0, 0.1) is 20.8 Å². The Morgan fingerprint density at radius 3 is 2.56 bits per heavy atom. The van der Waals surface area contributed by atoms with E-state index in [0.717, 1.165) is 11.3 Å². The van der Waals surface area contributed by atoms with Crippen molar-refractivity contribution in [3.63, 3.8) is 0 Å². The summed E-state index contributed by atoms with van der Waals surface area (Å²) in [6.45, 7) is 5.47. The van der Waals surface area contributed by atoms with Crippen molar-refractivity contribution in [2.45, 2.75) is 20.8 Å². The average Bonchev–Trinajstić information content (AvgIpc) is 2.75. The normalized spacial score (nSPS) is 10.4. The quantitative estimate of drug-likeness (QED) is 0.711. The number of hydrogen-bond acceptors (Lipinski definition) is 3. The molecule has 6 heteroatoms. The molecule has 0 radical (unpaired) electrons. The maximum Gasteiger partial charge on any atom is 0.260 e. The van der Waals surface area contributed by atoms with E-state index in [-0.39, 0.29) is 5.91 Å². The van der Waals surface area contributed by atoms with Crippen LogP contribution in [0.5, 0.6) is 0 Å². The fourth-order valence-electron chi connectivity index (χ4n) is 1.53. The van der Waals surface area contributed by atoms with Crippen LogP contribution in [0.4, 0.5) is 5.82 Å². The molecule has 0 aromatic carbocycles. The van der Waals surface area contributed by atoms with Crippen LogP contribution < -0.4 is 5.32 Å². The molecule has 0 aliphatic rings. The lowest BCUT2D eigenvalue weighted by Gasteiger charge is -2.03. The minimum Gasteiger partial charge on any atom is -0.307 e. The Balaban J connectivity index is 2.25. The summed E-state index contributed by atoms with van der Waals surface area (Å²) < 4.78 is 0. The van der Waals surface area contributed by atoms with Crippen molar-refractivity contribution in [1.82, 2.24) is 20.4 Å². The van der Waals surface area contributed by atoms with E-state index in [1.807, 2.05) is 13.8 Å². The molecule has 0 aliphatic carbocycles. The SMILES string of the molecule is Cc1cn[nH]c1NC(=O)c1c(C)n[nH]c1C. The Morgan fingerprint density at radius 2 is 2.06 bits per heavy atom. The molecule has 0 spiro atoms. The van der Waals surface area contributed by atoms with Gasteiger partial charge in [-0.15, -0.1) is 0 Å². The van der Waals surface area contributed by atoms with E-state index >= 15 is 0 Å². The first kappa shape index (κ1) is 10.4. The molecule has 1 amide bonds. The van der Waals surface area contributed by atoms with Gasteiger partial charge >= 0.3 is 0 Å². The molecule has 6 nitrogen and oxygen atoms in total. The molecule has 2 rings (SSSR count). The zero-order valence-electron chi connectivity index (χ0n) is 9.38. The molecule has 84 valence electrons. The molecule has 2 aromatic heterocycles. The average molecular weight is 219 g/mol. The zero-order valence-corrected chi connectivity index (χ0v) is 9.38. The second-order valence-corrected chi connectivity index (χ2v) is 3.69. The molecule has 0 atom stereocenters. The van der Waals surface area contributed by atoms with Crippen molar-refractivity contribution < 1.29 is 4.79 Å². The first-order valence-corrected chi connectivity index (χ1v) is 4.92. The standard InChI is InChI=1S/C10H13N5O/c1-5-4-11-15-9(5)12-10(16)8-6(2)13-14-7(8)3/h4H,1-3H3,(H,13,14)(H2,11,12,15,16). The predicted molar refractivity (Wildman–Crippen MR) is 59.3 cm³/mol. The molecular weight excluding hydrogens is 206 g/mol. The van der Waals surface area contributed by atoms with Gasteiger partial charge in [0.1, 0.15) is 5.82 Å². The largest absolute Gasteiger partial charge is 0.307 e. The summed E-state index contributed by atoms with van der Waals surface area (Å²) in [6, 6.07) is 0. The van der Waals surface area contributed by atoms with Crippen LogP contribution in [0.3, 0.4) is 0 Å². The number of anilines is 1. The molecule has 0 bridgehead atoms. The molecule has 0 unspecified atom stereocenters. The smallest absolute Gasteiger partial charge is 0.260 e. The molecule has 3 N–H and O–H groups in total. The molecule has 2 heterocycles. The second kappa shape index (κ2) is 3.80. The van der Waals surface area contributed by atoms with Gasteiger partial charge in [-0.2, -0.15) is 10.2 Å². The van der Waals surface area contributed by atoms with Gasteiger partial charge in [0.2, 0.25) is 0 Å². The highest BCUT2D eigenvalue weighted by molar-refractivity contribution is 6.05. The Morgan fingerprint density at radius 1 is 1.31 bits per heavy atom. The van der Waals surface area contributed by atoms with E-state index in [1.165, 1.54) is 0 Å². The number of aromatic nitrogens is 4. The minimum absolute atomic E-state index is 0.184. The zero-order chi connectivity index (χ0) is 11.7. The summed E-state index contributed by atoms with van der Waals surface area (Å²) in [4.78, 5) is 11.9. The van der Waals surface area contributed by atoms with Gasteiger partial charge in [0, 0.05) is 11.3 Å². The van der Waals surface area contributed by atoms with Crippen molar-refractivity contribution in [1.29, 1.82) is 0 Å². The van der Waals surface area contributed by atoms with E-state index < -0.39 is 0 Å². The van der Waals surface area contributed by atoms with E-state index in [9.17, 15) is 4.79 Å². The Kier molecular flexibility index (Phi) is 2.47. The number of carbonyl (C=O) groups is 1. The number of H-pyrrole nitrogens is 2. The van der Waals surface area contributed by atoms with Gasteiger partial charge in [-0.3, -0.25) is 15.0 Å². The molecular formula is C10H13N5O. The number of nitrogens with one attached hydrogen (secondary N) is 3. The number of aromatic amines is 2. The summed E-state index contributed by atoms with van der Waals surface area (Å²) in [5.74, 6) is 0.432. The highest BCUT2D eigenvalue weighted by atomic mass is 16.1. The van der Waals surface area contributed by atoms with Crippen molar-refractivity contribution in [2.75, 3.05) is 5.32 Å². The van der Waals surface area contributed by atoms with E-state index in [1.54, 1.807) is 13.1 Å². The number of carbonyl (C=O) groups excluding carboxylic acids is 1. The van der Waals surface area contributed by atoms with Crippen LogP contribution in [0.1, 0.15) is 27.3 Å². The molecule has 0 fully saturated rings. The Labute approximate surface area is 92.5 Å². The molecule has 0 aliphatic heterocycles. The summed E-state index contributed by atoms with van der Waals surface area (Å²) in [5, 5.41) is 16.1. The lowest BCUT2D eigenvalue weighted by atomic mass is 10.2. The highest BCUT2D eigenvalue weighted by Gasteiger charge is 2.16. The first-order valence-electron chi connectivity index (χ1n) is 4.92. The Hall–Kier alpha value is -2.11. The third-order valence-electron chi connectivity index (χ3n) is 2.42. The van der Waals surface area contributed by atoms with Crippen LogP contribution in [-0.4, -0.2) is 26.3 Å². The highest BCUT2D eigenvalue weighted by Crippen LogP contribution is 2.14. The molecule has 16 heavy (non-hydrogen) atoms. The van der Waals surface area contributed by atoms with Gasteiger partial charge in [0.05, 0.1) is 17.5 Å². The number of amides is 1. The van der Waals surface area contributed by atoms with E-state index in [0.29, 0.717) is 17.1 Å². The van der Waals surface area contributed by atoms with Crippen LogP contribution in [0.15, 0.2) is 6.20 Å². The van der Waals surface area contributed by atoms with Gasteiger partial charge in [0.15, 0.2) is 0 Å². The van der Waals surface area contributed by atoms with Gasteiger partial charge in [-0.1, -0.05) is 0 Å². The minimum atomic E-state index is -0.184. The molecule has 0 saturated carbocycles. The van der Waals surface area contributed by atoms with Crippen molar-refractivity contribution >= 4 is 11.7 Å². The van der Waals surface area contributed by atoms with Crippen LogP contribution in [0.2, 0.25) is 0 Å². The third kappa shape index (κ3) is 1.69. The van der Waals surface area contributed by atoms with Crippen LogP contribution in [-0.2, 0) is 0 Å². The summed E-state index contributed by atoms with van der Waals surface area (Å²) in [7, 11) is 0. The Bertz CT molecular complexity index is 506. The number of hydrogen-bond donors (Lipinski definition) is 3. The summed E-state index contributed by atoms with van der Waals surface area (Å²) >= 11 is 0. The second-order valence-electron chi connectivity index (χ2n) is 3.69. The van der Waals surface area contributed by atoms with E-state index in [4.69, 9.17) is 0 Å². The topological polar surface area (TPSA) is 86.5 Å². The van der Waals surface area contributed by atoms with Crippen LogP contribution in [0.25, 0.3) is 0 Å². The number of nitrogens with zero attached hydrogens (tertiary/aromatic N) is 2. The van der Waals surface area contributed by atoms with Crippen molar-refractivity contribution in [3.05, 3.63) is 28.7 Å². The first-order chi connectivity index (χ1) is 7.59. The van der Waals surface area contributed by atoms with Gasteiger partial charge < -0.3 is 5.32 Å². The van der Waals surface area contributed by atoms with Crippen LogP contribution >= 0.6 is 0 Å². The fourth-order valence-corrected chi connectivity index (χ4v) is 1.53. The number of rotatable bonds is 2. The van der Waals surface area contributed by atoms with Crippen molar-refractivity contribution in [2.24, 2.45) is 0 Å². The summed E-state index contributed by atoms with van der Waals surface area (Å²) in [6.07, 6.45) is 1.66. The maximum atomic E-state index is 11.9. The fraction of sp³-hybridized carbons (Fsp3) is 0.300. The third-order valence-corrected chi connectivity index (χ3v) is 2.42.